The number of nitrogens with two attached hydrogens (primary N) is 1. The molecule has 0 aliphatic carbocycles. The Kier molecular flexibility index (Phi) is 5.02. The predicted octanol–water partition coefficient (Wildman–Crippen LogP) is 0.874. The maximum Gasteiger partial charge on any atom is 0.278 e. The highest BCUT2D eigenvalue weighted by Crippen LogP contribution is 2.41. The zero-order valence-corrected chi connectivity index (χ0v) is 16.2. The molecular weight excluding hydrogens is 410 g/mol. The monoisotopic (exact) mass is 425 g/mol. The van der Waals surface area contributed by atoms with E-state index < -0.39 is 20.0 Å². The van der Waals surface area contributed by atoms with E-state index in [0.29, 0.717) is 17.0 Å². The second kappa shape index (κ2) is 6.99. The van der Waals surface area contributed by atoms with Gasteiger partial charge in [0.15, 0.2) is 0 Å². The molecular formula is C16H15N3O5S3. The molecule has 0 unspecified atom stereocenters. The summed E-state index contributed by atoms with van der Waals surface area (Å²) in [6.45, 7) is 0.323. The first kappa shape index (κ1) is 19.4. The Hall–Kier alpha value is -2.36. The van der Waals surface area contributed by atoms with Crippen LogP contribution in [0, 0.1) is 12.3 Å². The Bertz CT molecular complexity index is 1170. The Morgan fingerprint density at radius 1 is 1.33 bits per heavy atom. The molecule has 0 amide bonds. The number of nitrogens with one attached hydrogen (secondary N) is 1. The number of hydrogen-bond acceptors (Lipinski definition) is 7. The lowest BCUT2D eigenvalue weighted by Crippen LogP contribution is -2.37. The van der Waals surface area contributed by atoms with Gasteiger partial charge in [-0.3, -0.25) is 0 Å². The van der Waals surface area contributed by atoms with Gasteiger partial charge < -0.3 is 10.4 Å². The van der Waals surface area contributed by atoms with E-state index in [1.807, 2.05) is 0 Å². The third-order valence-corrected chi connectivity index (χ3v) is 8.52. The molecule has 4 N–H and O–H groups in total. The molecule has 0 spiro atoms. The van der Waals surface area contributed by atoms with Crippen molar-refractivity contribution in [3.63, 3.8) is 0 Å². The van der Waals surface area contributed by atoms with Crippen molar-refractivity contribution < 1.29 is 21.9 Å². The Morgan fingerprint density at radius 3 is 2.70 bits per heavy atom. The van der Waals surface area contributed by atoms with E-state index in [1.165, 1.54) is 30.3 Å². The van der Waals surface area contributed by atoms with E-state index in [4.69, 9.17) is 11.6 Å². The van der Waals surface area contributed by atoms with E-state index >= 15 is 0 Å². The van der Waals surface area contributed by atoms with Crippen molar-refractivity contribution >= 4 is 43.1 Å². The standard InChI is InChI=1S/C16H15N3O5S3/c1-2-6-18-10-13-7-11-8-15(26(17,21)22)25-16(11)27(23,24)19(13)12-4-3-5-14(20)9-12/h1,3-5,7-9,18,20H,6,10H2,(H2,17,21,22). The summed E-state index contributed by atoms with van der Waals surface area (Å²) in [5, 5.41) is 17.8. The molecule has 0 saturated heterocycles. The maximum absolute atomic E-state index is 13.2. The van der Waals surface area contributed by atoms with Gasteiger partial charge in [0.25, 0.3) is 10.0 Å². The summed E-state index contributed by atoms with van der Waals surface area (Å²) in [6, 6.07) is 6.97. The van der Waals surface area contributed by atoms with Crippen LogP contribution in [-0.4, -0.2) is 35.0 Å². The van der Waals surface area contributed by atoms with Crippen molar-refractivity contribution in [3.05, 3.63) is 41.6 Å². The molecule has 0 radical (unpaired) electrons. The van der Waals surface area contributed by atoms with Crippen LogP contribution in [0.2, 0.25) is 0 Å². The first-order valence-electron chi connectivity index (χ1n) is 7.50. The Morgan fingerprint density at radius 2 is 2.07 bits per heavy atom. The van der Waals surface area contributed by atoms with Crippen LogP contribution in [0.1, 0.15) is 5.56 Å². The van der Waals surface area contributed by atoms with Crippen molar-refractivity contribution in [1.29, 1.82) is 0 Å². The summed E-state index contributed by atoms with van der Waals surface area (Å²) < 4.78 is 50.4. The highest BCUT2D eigenvalue weighted by molar-refractivity contribution is 7.96. The van der Waals surface area contributed by atoms with Gasteiger partial charge in [0.2, 0.25) is 10.0 Å². The lowest BCUT2D eigenvalue weighted by atomic mass is 10.2. The minimum atomic E-state index is -4.12. The lowest BCUT2D eigenvalue weighted by molar-refractivity contribution is 0.475. The molecule has 1 aliphatic rings. The highest BCUT2D eigenvalue weighted by Gasteiger charge is 2.37. The summed E-state index contributed by atoms with van der Waals surface area (Å²) in [5.74, 6) is 2.28. The third kappa shape index (κ3) is 3.71. The molecule has 0 atom stereocenters. The lowest BCUT2D eigenvalue weighted by Gasteiger charge is -2.30. The van der Waals surface area contributed by atoms with Crippen LogP contribution in [0.4, 0.5) is 5.69 Å². The molecule has 3 rings (SSSR count). The number of thiophene rings is 1. The van der Waals surface area contributed by atoms with Gasteiger partial charge >= 0.3 is 0 Å². The minimum absolute atomic E-state index is 0.110. The van der Waals surface area contributed by atoms with E-state index in [0.717, 1.165) is 4.31 Å². The van der Waals surface area contributed by atoms with Crippen molar-refractivity contribution in [2.24, 2.45) is 5.14 Å². The van der Waals surface area contributed by atoms with Crippen LogP contribution in [0.25, 0.3) is 6.08 Å². The van der Waals surface area contributed by atoms with Crippen LogP contribution < -0.4 is 14.8 Å². The van der Waals surface area contributed by atoms with Crippen molar-refractivity contribution in [1.82, 2.24) is 5.32 Å². The fraction of sp³-hybridized carbons (Fsp3) is 0.125. The fourth-order valence-electron chi connectivity index (χ4n) is 2.59. The number of terminal acetylenes is 1. The summed E-state index contributed by atoms with van der Waals surface area (Å²) in [5.41, 5.74) is 0.764. The van der Waals surface area contributed by atoms with Gasteiger partial charge in [-0.25, -0.2) is 17.9 Å². The Labute approximate surface area is 161 Å². The number of hydrogen-bond donors (Lipinski definition) is 3. The van der Waals surface area contributed by atoms with E-state index in [1.54, 1.807) is 6.08 Å². The molecule has 0 fully saturated rings. The van der Waals surface area contributed by atoms with Crippen molar-refractivity contribution in [3.8, 4) is 18.1 Å². The molecule has 1 aromatic carbocycles. The van der Waals surface area contributed by atoms with Crippen LogP contribution >= 0.6 is 11.3 Å². The second-order valence-electron chi connectivity index (χ2n) is 5.59. The number of benzene rings is 1. The molecule has 0 bridgehead atoms. The number of primary sulfonamides is 1. The highest BCUT2D eigenvalue weighted by atomic mass is 32.3. The smallest absolute Gasteiger partial charge is 0.278 e. The number of aromatic hydroxyl groups is 1. The summed E-state index contributed by atoms with van der Waals surface area (Å²) in [4.78, 5) is 0. The molecule has 11 heteroatoms. The normalized spacial score (nSPS) is 15.7. The zero-order chi connectivity index (χ0) is 19.8. The number of nitrogens with zero attached hydrogens (tertiary/aromatic N) is 1. The summed E-state index contributed by atoms with van der Waals surface area (Å²) in [7, 11) is -8.17. The van der Waals surface area contributed by atoms with Gasteiger partial charge in [-0.1, -0.05) is 12.0 Å². The van der Waals surface area contributed by atoms with Crippen LogP contribution in [0.15, 0.2) is 44.4 Å². The van der Waals surface area contributed by atoms with Crippen molar-refractivity contribution in [2.75, 3.05) is 17.4 Å². The molecule has 142 valence electrons. The van der Waals surface area contributed by atoms with Crippen LogP contribution in [-0.2, 0) is 20.0 Å². The van der Waals surface area contributed by atoms with Gasteiger partial charge in [0.1, 0.15) is 14.2 Å². The average molecular weight is 426 g/mol. The first-order chi connectivity index (χ1) is 12.6. The quantitative estimate of drug-likeness (QED) is 0.481. The second-order valence-corrected chi connectivity index (χ2v) is 10.4. The van der Waals surface area contributed by atoms with Crippen LogP contribution in [0.5, 0.6) is 5.75 Å². The number of phenols is 1. The zero-order valence-electron chi connectivity index (χ0n) is 13.8. The van der Waals surface area contributed by atoms with E-state index in [-0.39, 0.29) is 38.5 Å². The summed E-state index contributed by atoms with van der Waals surface area (Å²) >= 11 is 0.580. The van der Waals surface area contributed by atoms with Gasteiger partial charge in [-0.05, 0) is 24.3 Å². The topological polar surface area (TPSA) is 130 Å². The number of anilines is 1. The minimum Gasteiger partial charge on any atom is -0.508 e. The Balaban J connectivity index is 2.20. The fourth-order valence-corrected chi connectivity index (χ4v) is 6.67. The van der Waals surface area contributed by atoms with Crippen molar-refractivity contribution in [2.45, 2.75) is 8.42 Å². The van der Waals surface area contributed by atoms with Gasteiger partial charge in [-0.2, -0.15) is 8.42 Å². The largest absolute Gasteiger partial charge is 0.508 e. The molecule has 2 heterocycles. The first-order valence-corrected chi connectivity index (χ1v) is 11.3. The molecule has 1 aromatic heterocycles. The summed E-state index contributed by atoms with van der Waals surface area (Å²) in [6.07, 6.45) is 6.77. The SMILES string of the molecule is C#CCNCC1=Cc2cc(S(N)(=O)=O)sc2S(=O)(=O)N1c1cccc(O)c1. The van der Waals surface area contributed by atoms with E-state index in [2.05, 4.69) is 11.2 Å². The maximum atomic E-state index is 13.2. The molecule has 2 aromatic rings. The average Bonchev–Trinajstić information content (AvgIpc) is 3.00. The predicted molar refractivity (Wildman–Crippen MR) is 103 cm³/mol. The molecule has 1 aliphatic heterocycles. The van der Waals surface area contributed by atoms with Crippen LogP contribution in [0.3, 0.4) is 0 Å². The number of fused-ring (bicyclic) bond motifs is 1. The molecule has 0 saturated carbocycles. The van der Waals surface area contributed by atoms with Gasteiger partial charge in [0, 0.05) is 23.9 Å². The molecule has 8 nitrogen and oxygen atoms in total. The van der Waals surface area contributed by atoms with E-state index in [9.17, 15) is 21.9 Å². The number of rotatable bonds is 5. The van der Waals surface area contributed by atoms with Gasteiger partial charge in [-0.15, -0.1) is 17.8 Å². The number of sulfonamides is 2. The van der Waals surface area contributed by atoms with Gasteiger partial charge in [0.05, 0.1) is 12.2 Å². The molecule has 27 heavy (non-hydrogen) atoms. The number of phenolic OH excluding ortho intramolecular Hbond substituents is 1. The third-order valence-electron chi connectivity index (χ3n) is 3.64.